The molecule has 0 unspecified atom stereocenters. The molecule has 1 N–H and O–H groups in total. The summed E-state index contributed by atoms with van der Waals surface area (Å²) in [6, 6.07) is 7.71. The van der Waals surface area contributed by atoms with E-state index < -0.39 is 0 Å². The molecule has 0 aliphatic carbocycles. The lowest BCUT2D eigenvalue weighted by Crippen LogP contribution is -2.39. The Morgan fingerprint density at radius 2 is 1.84 bits per heavy atom. The summed E-state index contributed by atoms with van der Waals surface area (Å²) in [4.78, 5) is 13.8. The topological polar surface area (TPSA) is 44.7 Å². The van der Waals surface area contributed by atoms with Crippen LogP contribution in [0.2, 0.25) is 0 Å². The minimum Gasteiger partial charge on any atom is -0.352 e. The zero-order valence-electron chi connectivity index (χ0n) is 11.0. The Labute approximate surface area is 122 Å². The second-order valence-corrected chi connectivity index (χ2v) is 5.57. The van der Waals surface area contributed by atoms with Gasteiger partial charge in [-0.3, -0.25) is 10.2 Å². The fourth-order valence-corrected chi connectivity index (χ4v) is 2.38. The molecule has 0 atom stereocenters. The summed E-state index contributed by atoms with van der Waals surface area (Å²) in [7, 11) is 0. The average Bonchev–Trinajstić information content (AvgIpc) is 2.42. The highest BCUT2D eigenvalue weighted by molar-refractivity contribution is 9.10. The number of hydrogen-bond acceptors (Lipinski definition) is 3. The maximum Gasteiger partial charge on any atom is 0.196 e. The molecule has 19 heavy (non-hydrogen) atoms. The Morgan fingerprint density at radius 3 is 2.42 bits per heavy atom. The monoisotopic (exact) mass is 323 g/mol. The fraction of sp³-hybridized carbons (Fsp3) is 0.429. The Balaban J connectivity index is 2.07. The van der Waals surface area contributed by atoms with Gasteiger partial charge in [-0.05, 0) is 43.5 Å². The summed E-state index contributed by atoms with van der Waals surface area (Å²) in [5.41, 5.74) is 3.83. The highest BCUT2D eigenvalue weighted by atomic mass is 79.9. The predicted octanol–water partition coefficient (Wildman–Crippen LogP) is 3.25. The fourth-order valence-electron chi connectivity index (χ4n) is 2.12. The molecule has 1 saturated heterocycles. The molecule has 1 fully saturated rings. The molecule has 1 heterocycles. The van der Waals surface area contributed by atoms with Gasteiger partial charge in [-0.25, -0.2) is 0 Å². The van der Waals surface area contributed by atoms with Gasteiger partial charge < -0.3 is 4.90 Å². The molecule has 5 heteroatoms. The standard InChI is InChI=1S/C14H18BrN3O/c1-11(19)14(18-9-3-2-4-10-18)17-16-13-7-5-12(15)6-8-13/h5-8,16H,2-4,9-10H2,1H3/b17-14+. The van der Waals surface area contributed by atoms with Gasteiger partial charge in [-0.1, -0.05) is 15.9 Å². The number of amidine groups is 1. The lowest BCUT2D eigenvalue weighted by atomic mass is 10.1. The summed E-state index contributed by atoms with van der Waals surface area (Å²) in [6.45, 7) is 3.40. The molecule has 0 spiro atoms. The third-order valence-corrected chi connectivity index (χ3v) is 3.63. The van der Waals surface area contributed by atoms with Crippen molar-refractivity contribution in [3.05, 3.63) is 28.7 Å². The van der Waals surface area contributed by atoms with Crippen molar-refractivity contribution >= 4 is 33.2 Å². The van der Waals surface area contributed by atoms with Gasteiger partial charge in [-0.15, -0.1) is 0 Å². The van der Waals surface area contributed by atoms with Crippen LogP contribution < -0.4 is 5.43 Å². The van der Waals surface area contributed by atoms with Crippen molar-refractivity contribution in [2.24, 2.45) is 5.10 Å². The maximum atomic E-state index is 11.7. The van der Waals surface area contributed by atoms with Gasteiger partial charge in [0.2, 0.25) is 0 Å². The van der Waals surface area contributed by atoms with Crippen LogP contribution >= 0.6 is 15.9 Å². The third-order valence-electron chi connectivity index (χ3n) is 3.11. The first-order chi connectivity index (χ1) is 9.16. The van der Waals surface area contributed by atoms with Crippen LogP contribution in [0.3, 0.4) is 0 Å². The van der Waals surface area contributed by atoms with Crippen LogP contribution in [0.25, 0.3) is 0 Å². The molecule has 0 amide bonds. The van der Waals surface area contributed by atoms with Gasteiger partial charge in [0, 0.05) is 24.5 Å². The molecule has 0 bridgehead atoms. The number of hydrogen-bond donors (Lipinski definition) is 1. The molecular formula is C14H18BrN3O. The minimum absolute atomic E-state index is 0.00603. The van der Waals surface area contributed by atoms with Crippen LogP contribution in [0.5, 0.6) is 0 Å². The van der Waals surface area contributed by atoms with Crippen molar-refractivity contribution in [3.8, 4) is 0 Å². The Kier molecular flexibility index (Phi) is 4.96. The van der Waals surface area contributed by atoms with Crippen molar-refractivity contribution < 1.29 is 4.79 Å². The third kappa shape index (κ3) is 4.06. The van der Waals surface area contributed by atoms with Gasteiger partial charge in [0.15, 0.2) is 11.6 Å². The molecule has 1 aliphatic heterocycles. The van der Waals surface area contributed by atoms with E-state index in [2.05, 4.69) is 31.4 Å². The summed E-state index contributed by atoms with van der Waals surface area (Å²) >= 11 is 3.39. The van der Waals surface area contributed by atoms with E-state index in [1.807, 2.05) is 24.3 Å². The first kappa shape index (κ1) is 14.1. The van der Waals surface area contributed by atoms with Crippen molar-refractivity contribution in [2.45, 2.75) is 26.2 Å². The number of anilines is 1. The smallest absolute Gasteiger partial charge is 0.196 e. The molecule has 2 rings (SSSR count). The molecule has 4 nitrogen and oxygen atoms in total. The second-order valence-electron chi connectivity index (χ2n) is 4.66. The van der Waals surface area contributed by atoms with Crippen molar-refractivity contribution in [2.75, 3.05) is 18.5 Å². The molecule has 0 aromatic heterocycles. The number of carbonyl (C=O) groups is 1. The highest BCUT2D eigenvalue weighted by Crippen LogP contribution is 2.15. The van der Waals surface area contributed by atoms with Gasteiger partial charge in [0.1, 0.15) is 0 Å². The number of Topliss-reactive ketones (excluding diaryl/α,β-unsaturated/α-hetero) is 1. The molecule has 1 aromatic carbocycles. The molecule has 102 valence electrons. The van der Waals surface area contributed by atoms with E-state index in [4.69, 9.17) is 0 Å². The number of nitrogens with one attached hydrogen (secondary N) is 1. The number of nitrogens with zero attached hydrogens (tertiary/aromatic N) is 2. The van der Waals surface area contributed by atoms with E-state index in [9.17, 15) is 4.79 Å². The van der Waals surface area contributed by atoms with Gasteiger partial charge >= 0.3 is 0 Å². The number of rotatable bonds is 3. The van der Waals surface area contributed by atoms with E-state index in [0.717, 1.165) is 36.1 Å². The zero-order valence-corrected chi connectivity index (χ0v) is 12.6. The maximum absolute atomic E-state index is 11.7. The quantitative estimate of drug-likeness (QED) is 0.527. The summed E-state index contributed by atoms with van der Waals surface area (Å²) < 4.78 is 1.02. The zero-order chi connectivity index (χ0) is 13.7. The molecular weight excluding hydrogens is 306 g/mol. The number of halogens is 1. The Morgan fingerprint density at radius 1 is 1.21 bits per heavy atom. The van der Waals surface area contributed by atoms with Crippen LogP contribution in [0.1, 0.15) is 26.2 Å². The normalized spacial score (nSPS) is 16.3. The molecule has 1 aromatic rings. The summed E-state index contributed by atoms with van der Waals surface area (Å²) in [5.74, 6) is 0.536. The van der Waals surface area contributed by atoms with E-state index >= 15 is 0 Å². The number of likely N-dealkylation sites (tertiary alicyclic amines) is 1. The number of carbonyl (C=O) groups excluding carboxylic acids is 1. The first-order valence-electron chi connectivity index (χ1n) is 6.52. The van der Waals surface area contributed by atoms with Crippen LogP contribution in [0.4, 0.5) is 5.69 Å². The largest absolute Gasteiger partial charge is 0.352 e. The lowest BCUT2D eigenvalue weighted by Gasteiger charge is -2.28. The van der Waals surface area contributed by atoms with Crippen LogP contribution in [0.15, 0.2) is 33.8 Å². The Hall–Kier alpha value is -1.36. The van der Waals surface area contributed by atoms with Crippen LogP contribution in [0, 0.1) is 0 Å². The van der Waals surface area contributed by atoms with E-state index in [1.165, 1.54) is 6.42 Å². The Bertz CT molecular complexity index is 464. The van der Waals surface area contributed by atoms with Gasteiger partial charge in [-0.2, -0.15) is 5.10 Å². The predicted molar refractivity (Wildman–Crippen MR) is 81.3 cm³/mol. The molecule has 0 radical (unpaired) electrons. The van der Waals surface area contributed by atoms with E-state index in [-0.39, 0.29) is 5.78 Å². The van der Waals surface area contributed by atoms with Gasteiger partial charge in [0.05, 0.1) is 5.69 Å². The minimum atomic E-state index is 0.00603. The summed E-state index contributed by atoms with van der Waals surface area (Å²) in [5, 5.41) is 4.27. The van der Waals surface area contributed by atoms with Crippen LogP contribution in [-0.4, -0.2) is 29.6 Å². The van der Waals surface area contributed by atoms with E-state index in [1.54, 1.807) is 6.92 Å². The second kappa shape index (κ2) is 6.70. The van der Waals surface area contributed by atoms with E-state index in [0.29, 0.717) is 5.84 Å². The first-order valence-corrected chi connectivity index (χ1v) is 7.31. The molecule has 1 aliphatic rings. The average molecular weight is 324 g/mol. The number of hydrazone groups is 1. The van der Waals surface area contributed by atoms with Crippen molar-refractivity contribution in [1.29, 1.82) is 0 Å². The number of ketones is 1. The van der Waals surface area contributed by atoms with Crippen LogP contribution in [-0.2, 0) is 4.79 Å². The number of benzene rings is 1. The summed E-state index contributed by atoms with van der Waals surface area (Å²) in [6.07, 6.45) is 3.50. The van der Waals surface area contributed by atoms with Crippen molar-refractivity contribution in [1.82, 2.24) is 4.90 Å². The molecule has 0 saturated carbocycles. The number of piperidine rings is 1. The van der Waals surface area contributed by atoms with Gasteiger partial charge in [0.25, 0.3) is 0 Å². The highest BCUT2D eigenvalue weighted by Gasteiger charge is 2.18. The van der Waals surface area contributed by atoms with Crippen molar-refractivity contribution in [3.63, 3.8) is 0 Å². The SMILES string of the molecule is CC(=O)/C(=N\Nc1ccc(Br)cc1)N1CCCCC1. The lowest BCUT2D eigenvalue weighted by molar-refractivity contribution is -0.111.